The van der Waals surface area contributed by atoms with E-state index in [0.29, 0.717) is 18.8 Å². The Morgan fingerprint density at radius 1 is 1.57 bits per heavy atom. The summed E-state index contributed by atoms with van der Waals surface area (Å²) in [5.41, 5.74) is 0.487. The molecule has 0 aliphatic carbocycles. The molecular weight excluding hydrogens is 320 g/mol. The van der Waals surface area contributed by atoms with Crippen molar-refractivity contribution >= 4 is 17.9 Å². The Morgan fingerprint density at radius 2 is 2.39 bits per heavy atom. The van der Waals surface area contributed by atoms with E-state index in [1.807, 2.05) is 0 Å². The van der Waals surface area contributed by atoms with Crippen LogP contribution in [0.3, 0.4) is 0 Å². The van der Waals surface area contributed by atoms with Crippen LogP contribution >= 0.6 is 12.2 Å². The lowest BCUT2D eigenvalue weighted by atomic mass is 10.1. The van der Waals surface area contributed by atoms with E-state index in [-0.39, 0.29) is 22.5 Å². The highest BCUT2D eigenvalue weighted by atomic mass is 32.1. The van der Waals surface area contributed by atoms with Gasteiger partial charge < -0.3 is 14.4 Å². The smallest absolute Gasteiger partial charge is 0.292 e. The average Bonchev–Trinajstić information content (AvgIpc) is 2.88. The van der Waals surface area contributed by atoms with Crippen LogP contribution in [0.5, 0.6) is 0 Å². The predicted octanol–water partition coefficient (Wildman–Crippen LogP) is 0.778. The number of non-ortho nitro benzene ring substituents is 1. The van der Waals surface area contributed by atoms with Crippen LogP contribution in [-0.2, 0) is 6.67 Å². The molecule has 1 aromatic carbocycles. The number of aromatic nitrogens is 2. The number of aliphatic hydroxyl groups excluding tert-OH is 1. The zero-order chi connectivity index (χ0) is 16.4. The monoisotopic (exact) mass is 337 g/mol. The van der Waals surface area contributed by atoms with Gasteiger partial charge in [0.05, 0.1) is 11.5 Å². The standard InChI is InChI=1S/C14H16N4O4S/c19-12-5-2-6-16(8-12)9-17-14(23)22-13(15-17)10-3-1-4-11(7-10)18(20)21/h1,3-4,7,12,19H,2,5-6,8-9H2/p+1/t12-/m0/s1. The van der Waals surface area contributed by atoms with Gasteiger partial charge in [0.1, 0.15) is 12.6 Å². The Hall–Kier alpha value is -2.10. The van der Waals surface area contributed by atoms with Gasteiger partial charge in [0.15, 0.2) is 6.67 Å². The lowest BCUT2D eigenvalue weighted by Gasteiger charge is -2.26. The first-order valence-corrected chi connectivity index (χ1v) is 7.78. The molecule has 1 saturated heterocycles. The molecule has 122 valence electrons. The Labute approximate surface area is 137 Å². The molecular formula is C14H17N4O4S+. The number of aliphatic hydroxyl groups is 1. The summed E-state index contributed by atoms with van der Waals surface area (Å²) in [6.45, 7) is 2.10. The zero-order valence-corrected chi connectivity index (χ0v) is 13.2. The molecule has 1 aliphatic rings. The molecule has 0 spiro atoms. The Balaban J connectivity index is 1.82. The van der Waals surface area contributed by atoms with Gasteiger partial charge in [0.2, 0.25) is 5.89 Å². The number of piperidine rings is 1. The van der Waals surface area contributed by atoms with Crippen LogP contribution in [0.15, 0.2) is 28.7 Å². The number of hydrogen-bond acceptors (Lipinski definition) is 6. The van der Waals surface area contributed by atoms with Crippen LogP contribution in [0, 0.1) is 15.0 Å². The maximum Gasteiger partial charge on any atom is 0.292 e. The highest BCUT2D eigenvalue weighted by Crippen LogP contribution is 2.22. The number of likely N-dealkylation sites (tertiary alicyclic amines) is 1. The van der Waals surface area contributed by atoms with Gasteiger partial charge in [0, 0.05) is 17.7 Å². The van der Waals surface area contributed by atoms with Gasteiger partial charge in [-0.25, -0.2) is 0 Å². The summed E-state index contributed by atoms with van der Waals surface area (Å²) in [4.78, 5) is 11.8. The summed E-state index contributed by atoms with van der Waals surface area (Å²) in [6.07, 6.45) is 1.49. The molecule has 1 aromatic heterocycles. The van der Waals surface area contributed by atoms with Crippen molar-refractivity contribution in [2.24, 2.45) is 0 Å². The number of nitrogens with zero attached hydrogens (tertiary/aromatic N) is 3. The SMILES string of the molecule is O=[N+]([O-])c1cccc(-c2nn(C[NH+]3CCC[C@H](O)C3)c(=S)o2)c1. The molecule has 3 rings (SSSR count). The van der Waals surface area contributed by atoms with Crippen LogP contribution < -0.4 is 4.90 Å². The molecule has 0 bridgehead atoms. The van der Waals surface area contributed by atoms with Gasteiger partial charge >= 0.3 is 0 Å². The van der Waals surface area contributed by atoms with Crippen LogP contribution in [0.2, 0.25) is 0 Å². The minimum Gasteiger partial charge on any atom is -0.409 e. The van der Waals surface area contributed by atoms with Crippen molar-refractivity contribution in [3.8, 4) is 11.5 Å². The fraction of sp³-hybridized carbons (Fsp3) is 0.429. The van der Waals surface area contributed by atoms with E-state index in [1.54, 1.807) is 16.8 Å². The van der Waals surface area contributed by atoms with Gasteiger partial charge in [-0.1, -0.05) is 6.07 Å². The third kappa shape index (κ3) is 3.63. The molecule has 1 fully saturated rings. The van der Waals surface area contributed by atoms with Crippen LogP contribution in [0.1, 0.15) is 12.8 Å². The Bertz CT molecular complexity index is 772. The molecule has 9 heteroatoms. The minimum absolute atomic E-state index is 0.0250. The average molecular weight is 337 g/mol. The van der Waals surface area contributed by atoms with E-state index in [9.17, 15) is 15.2 Å². The van der Waals surface area contributed by atoms with Crippen LogP contribution in [0.25, 0.3) is 11.5 Å². The molecule has 0 radical (unpaired) electrons. The largest absolute Gasteiger partial charge is 0.409 e. The van der Waals surface area contributed by atoms with E-state index in [0.717, 1.165) is 19.4 Å². The first kappa shape index (κ1) is 15.8. The topological polar surface area (TPSA) is 98.8 Å². The lowest BCUT2D eigenvalue weighted by Crippen LogP contribution is -3.13. The van der Waals surface area contributed by atoms with E-state index in [4.69, 9.17) is 16.6 Å². The highest BCUT2D eigenvalue weighted by Gasteiger charge is 2.22. The van der Waals surface area contributed by atoms with Crippen molar-refractivity contribution in [3.63, 3.8) is 0 Å². The molecule has 2 N–H and O–H groups in total. The van der Waals surface area contributed by atoms with Gasteiger partial charge in [-0.15, -0.1) is 5.10 Å². The third-order valence-electron chi connectivity index (χ3n) is 3.88. The number of quaternary nitrogens is 1. The zero-order valence-electron chi connectivity index (χ0n) is 12.3. The molecule has 0 amide bonds. The first-order valence-electron chi connectivity index (χ1n) is 7.37. The number of nitro groups is 1. The van der Waals surface area contributed by atoms with Crippen molar-refractivity contribution in [2.45, 2.75) is 25.6 Å². The summed E-state index contributed by atoms with van der Waals surface area (Å²) >= 11 is 5.18. The number of rotatable bonds is 4. The highest BCUT2D eigenvalue weighted by molar-refractivity contribution is 7.71. The lowest BCUT2D eigenvalue weighted by molar-refractivity contribution is -0.931. The van der Waals surface area contributed by atoms with Crippen LogP contribution in [0.4, 0.5) is 5.69 Å². The number of nitro benzene ring substituents is 1. The van der Waals surface area contributed by atoms with Crippen molar-refractivity contribution < 1.29 is 19.3 Å². The van der Waals surface area contributed by atoms with Crippen LogP contribution in [-0.4, -0.2) is 39.0 Å². The molecule has 8 nitrogen and oxygen atoms in total. The number of hydrogen-bond donors (Lipinski definition) is 2. The molecule has 1 aliphatic heterocycles. The molecule has 1 unspecified atom stereocenters. The van der Waals surface area contributed by atoms with Crippen molar-refractivity contribution in [1.29, 1.82) is 0 Å². The summed E-state index contributed by atoms with van der Waals surface area (Å²) < 4.78 is 7.04. The van der Waals surface area contributed by atoms with Gasteiger partial charge in [-0.2, -0.15) is 4.68 Å². The number of benzene rings is 1. The Kier molecular flexibility index (Phi) is 4.51. The molecule has 2 atom stereocenters. The second-order valence-electron chi connectivity index (χ2n) is 5.64. The summed E-state index contributed by atoms with van der Waals surface area (Å²) in [5.74, 6) is 0.260. The fourth-order valence-electron chi connectivity index (χ4n) is 2.76. The number of nitrogens with one attached hydrogen (secondary N) is 1. The predicted molar refractivity (Wildman–Crippen MR) is 83.4 cm³/mol. The molecule has 2 heterocycles. The third-order valence-corrected chi connectivity index (χ3v) is 4.17. The van der Waals surface area contributed by atoms with Gasteiger partial charge in [-0.3, -0.25) is 10.1 Å². The first-order chi connectivity index (χ1) is 11.0. The second kappa shape index (κ2) is 6.57. The summed E-state index contributed by atoms with van der Waals surface area (Å²) in [7, 11) is 0. The quantitative estimate of drug-likeness (QED) is 0.486. The maximum absolute atomic E-state index is 10.9. The van der Waals surface area contributed by atoms with Gasteiger partial charge in [0.25, 0.3) is 10.5 Å². The van der Waals surface area contributed by atoms with E-state index < -0.39 is 4.92 Å². The fourth-order valence-corrected chi connectivity index (χ4v) is 2.94. The van der Waals surface area contributed by atoms with E-state index in [2.05, 4.69) is 5.10 Å². The van der Waals surface area contributed by atoms with Crippen molar-refractivity contribution in [3.05, 3.63) is 39.2 Å². The van der Waals surface area contributed by atoms with Gasteiger partial charge in [-0.05, 0) is 31.1 Å². The van der Waals surface area contributed by atoms with E-state index >= 15 is 0 Å². The minimum atomic E-state index is -0.464. The Morgan fingerprint density at radius 3 is 3.13 bits per heavy atom. The van der Waals surface area contributed by atoms with E-state index in [1.165, 1.54) is 17.0 Å². The maximum atomic E-state index is 10.9. The molecule has 0 saturated carbocycles. The van der Waals surface area contributed by atoms with Crippen molar-refractivity contribution in [1.82, 2.24) is 9.78 Å². The second-order valence-corrected chi connectivity index (χ2v) is 5.99. The summed E-state index contributed by atoms with van der Waals surface area (Å²) in [6, 6.07) is 6.09. The molecule has 23 heavy (non-hydrogen) atoms. The van der Waals surface area contributed by atoms with Crippen molar-refractivity contribution in [2.75, 3.05) is 13.1 Å². The molecule has 2 aromatic rings. The normalized spacial score (nSPS) is 21.3. The summed E-state index contributed by atoms with van der Waals surface area (Å²) in [5, 5.41) is 24.9.